The van der Waals surface area contributed by atoms with E-state index in [1.807, 2.05) is 0 Å². The molecular weight excluding hydrogens is 230 g/mol. The van der Waals surface area contributed by atoms with Crippen LogP contribution in [0.5, 0.6) is 0 Å². The summed E-state index contributed by atoms with van der Waals surface area (Å²) in [5.74, 6) is 0.861. The fraction of sp³-hybridized carbons (Fsp3) is 0.667. The van der Waals surface area contributed by atoms with E-state index in [-0.39, 0.29) is 0 Å². The number of benzene rings is 1. The van der Waals surface area contributed by atoms with Crippen LogP contribution in [0.4, 0.5) is 0 Å². The first-order valence-corrected chi connectivity index (χ1v) is 7.89. The second-order valence-corrected chi connectivity index (χ2v) is 6.18. The van der Waals surface area contributed by atoms with Gasteiger partial charge in [0.25, 0.3) is 0 Å². The topological polar surface area (TPSA) is 12.0 Å². The van der Waals surface area contributed by atoms with E-state index in [9.17, 15) is 0 Å². The van der Waals surface area contributed by atoms with Gasteiger partial charge in [0, 0.05) is 6.04 Å². The molecule has 0 aliphatic rings. The molecule has 0 aliphatic heterocycles. The van der Waals surface area contributed by atoms with Gasteiger partial charge in [-0.3, -0.25) is 0 Å². The van der Waals surface area contributed by atoms with Gasteiger partial charge in [0.1, 0.15) is 0 Å². The van der Waals surface area contributed by atoms with Crippen molar-refractivity contribution < 1.29 is 0 Å². The lowest BCUT2D eigenvalue weighted by Crippen LogP contribution is -2.19. The molecule has 1 heteroatoms. The molecule has 1 rings (SSSR count). The molecular formula is C18H31N. The molecule has 1 aromatic rings. The molecule has 0 aromatic heterocycles. The van der Waals surface area contributed by atoms with Crippen LogP contribution in [0.2, 0.25) is 0 Å². The second kappa shape index (κ2) is 9.14. The predicted octanol–water partition coefficient (Wildman–Crippen LogP) is 5.25. The van der Waals surface area contributed by atoms with Crippen molar-refractivity contribution in [3.63, 3.8) is 0 Å². The Kier molecular flexibility index (Phi) is 7.81. The fourth-order valence-electron chi connectivity index (χ4n) is 2.32. The normalized spacial score (nSPS) is 12.9. The molecule has 1 N–H and O–H groups in total. The van der Waals surface area contributed by atoms with Crippen molar-refractivity contribution in [3.05, 3.63) is 35.4 Å². The van der Waals surface area contributed by atoms with Crippen molar-refractivity contribution in [2.75, 3.05) is 6.54 Å². The van der Waals surface area contributed by atoms with Gasteiger partial charge in [-0.2, -0.15) is 0 Å². The van der Waals surface area contributed by atoms with E-state index in [1.54, 1.807) is 0 Å². The van der Waals surface area contributed by atoms with E-state index in [0.717, 1.165) is 12.5 Å². The molecule has 1 atom stereocenters. The van der Waals surface area contributed by atoms with Gasteiger partial charge in [-0.15, -0.1) is 0 Å². The first-order chi connectivity index (χ1) is 9.09. The average molecular weight is 261 g/mol. The number of nitrogens with one attached hydrogen (secondary N) is 1. The van der Waals surface area contributed by atoms with Gasteiger partial charge in [-0.1, -0.05) is 69.4 Å². The van der Waals surface area contributed by atoms with Crippen molar-refractivity contribution in [2.24, 2.45) is 5.92 Å². The van der Waals surface area contributed by atoms with Gasteiger partial charge >= 0.3 is 0 Å². The maximum Gasteiger partial charge on any atom is 0.0291 e. The third-order valence-electron chi connectivity index (χ3n) is 3.74. The average Bonchev–Trinajstić information content (AvgIpc) is 2.38. The molecule has 108 valence electrons. The monoisotopic (exact) mass is 261 g/mol. The Balaban J connectivity index is 2.07. The second-order valence-electron chi connectivity index (χ2n) is 6.18. The Bertz CT molecular complexity index is 326. The summed E-state index contributed by atoms with van der Waals surface area (Å²) in [7, 11) is 0. The Morgan fingerprint density at radius 2 is 1.53 bits per heavy atom. The summed E-state index contributed by atoms with van der Waals surface area (Å²) < 4.78 is 0. The summed E-state index contributed by atoms with van der Waals surface area (Å²) in [4.78, 5) is 0. The van der Waals surface area contributed by atoms with E-state index < -0.39 is 0 Å². The minimum absolute atomic E-state index is 0.469. The highest BCUT2D eigenvalue weighted by Crippen LogP contribution is 2.13. The van der Waals surface area contributed by atoms with Gasteiger partial charge in [0.05, 0.1) is 0 Å². The molecule has 0 spiro atoms. The van der Waals surface area contributed by atoms with Crippen LogP contribution in [-0.2, 0) is 0 Å². The minimum Gasteiger partial charge on any atom is -0.310 e. The van der Waals surface area contributed by atoms with E-state index in [1.165, 1.54) is 43.2 Å². The molecule has 0 saturated heterocycles. The standard InChI is InChI=1S/C18H31N/c1-15(2)9-7-5-6-8-14-19-17(4)18-12-10-16(3)11-13-18/h10-13,15,17,19H,5-9,14H2,1-4H3. The van der Waals surface area contributed by atoms with Crippen LogP contribution >= 0.6 is 0 Å². The molecule has 0 saturated carbocycles. The lowest BCUT2D eigenvalue weighted by Gasteiger charge is -2.14. The van der Waals surface area contributed by atoms with Crippen molar-refractivity contribution in [1.29, 1.82) is 0 Å². The van der Waals surface area contributed by atoms with Gasteiger partial charge in [-0.25, -0.2) is 0 Å². The van der Waals surface area contributed by atoms with Crippen molar-refractivity contribution in [2.45, 2.75) is 65.8 Å². The Morgan fingerprint density at radius 3 is 2.16 bits per heavy atom. The van der Waals surface area contributed by atoms with Crippen LogP contribution in [-0.4, -0.2) is 6.54 Å². The van der Waals surface area contributed by atoms with E-state index >= 15 is 0 Å². The highest BCUT2D eigenvalue weighted by Gasteiger charge is 2.03. The van der Waals surface area contributed by atoms with Crippen LogP contribution < -0.4 is 5.32 Å². The van der Waals surface area contributed by atoms with Gasteiger partial charge in [-0.05, 0) is 38.3 Å². The number of rotatable bonds is 9. The summed E-state index contributed by atoms with van der Waals surface area (Å²) in [6.07, 6.45) is 6.83. The molecule has 0 heterocycles. The first kappa shape index (κ1) is 16.2. The Labute approximate surface area is 119 Å². The predicted molar refractivity (Wildman–Crippen MR) is 85.5 cm³/mol. The van der Waals surface area contributed by atoms with Crippen LogP contribution in [0, 0.1) is 12.8 Å². The van der Waals surface area contributed by atoms with Crippen LogP contribution in [0.3, 0.4) is 0 Å². The molecule has 1 unspecified atom stereocenters. The van der Waals surface area contributed by atoms with Crippen LogP contribution in [0.25, 0.3) is 0 Å². The lowest BCUT2D eigenvalue weighted by molar-refractivity contribution is 0.498. The van der Waals surface area contributed by atoms with Crippen molar-refractivity contribution in [1.82, 2.24) is 5.32 Å². The molecule has 0 radical (unpaired) electrons. The highest BCUT2D eigenvalue weighted by atomic mass is 14.9. The molecule has 0 bridgehead atoms. The SMILES string of the molecule is Cc1ccc(C(C)NCCCCCCC(C)C)cc1. The third-order valence-corrected chi connectivity index (χ3v) is 3.74. The van der Waals surface area contributed by atoms with Gasteiger partial charge < -0.3 is 5.32 Å². The fourth-order valence-corrected chi connectivity index (χ4v) is 2.32. The summed E-state index contributed by atoms with van der Waals surface area (Å²) in [5, 5.41) is 3.62. The Hall–Kier alpha value is -0.820. The maximum absolute atomic E-state index is 3.62. The van der Waals surface area contributed by atoms with Crippen LogP contribution in [0.15, 0.2) is 24.3 Å². The van der Waals surface area contributed by atoms with E-state index in [4.69, 9.17) is 0 Å². The molecule has 0 fully saturated rings. The number of hydrogen-bond donors (Lipinski definition) is 1. The van der Waals surface area contributed by atoms with Crippen molar-refractivity contribution in [3.8, 4) is 0 Å². The smallest absolute Gasteiger partial charge is 0.0291 e. The summed E-state index contributed by atoms with van der Waals surface area (Å²) in [5.41, 5.74) is 2.73. The molecule has 0 aliphatic carbocycles. The quantitative estimate of drug-likeness (QED) is 0.598. The Morgan fingerprint density at radius 1 is 0.895 bits per heavy atom. The summed E-state index contributed by atoms with van der Waals surface area (Å²) >= 11 is 0. The molecule has 1 aromatic carbocycles. The zero-order chi connectivity index (χ0) is 14.1. The number of unbranched alkanes of at least 4 members (excludes halogenated alkanes) is 3. The number of aryl methyl sites for hydroxylation is 1. The van der Waals surface area contributed by atoms with Gasteiger partial charge in [0.15, 0.2) is 0 Å². The summed E-state index contributed by atoms with van der Waals surface area (Å²) in [6.45, 7) is 10.1. The summed E-state index contributed by atoms with van der Waals surface area (Å²) in [6, 6.07) is 9.32. The highest BCUT2D eigenvalue weighted by molar-refractivity contribution is 5.23. The minimum atomic E-state index is 0.469. The first-order valence-electron chi connectivity index (χ1n) is 7.89. The maximum atomic E-state index is 3.62. The van der Waals surface area contributed by atoms with Crippen molar-refractivity contribution >= 4 is 0 Å². The van der Waals surface area contributed by atoms with Crippen LogP contribution in [0.1, 0.15) is 70.0 Å². The molecule has 19 heavy (non-hydrogen) atoms. The zero-order valence-corrected chi connectivity index (χ0v) is 13.2. The van der Waals surface area contributed by atoms with E-state index in [2.05, 4.69) is 57.3 Å². The molecule has 1 nitrogen and oxygen atoms in total. The third kappa shape index (κ3) is 7.37. The van der Waals surface area contributed by atoms with Gasteiger partial charge in [0.2, 0.25) is 0 Å². The number of hydrogen-bond acceptors (Lipinski definition) is 1. The lowest BCUT2D eigenvalue weighted by atomic mass is 10.0. The zero-order valence-electron chi connectivity index (χ0n) is 13.2. The van der Waals surface area contributed by atoms with E-state index in [0.29, 0.717) is 6.04 Å². The largest absolute Gasteiger partial charge is 0.310 e. The molecule has 0 amide bonds.